The predicted octanol–water partition coefficient (Wildman–Crippen LogP) is 3.68. The Hall–Kier alpha value is -0.680. The van der Waals surface area contributed by atoms with Crippen LogP contribution in [-0.2, 0) is 6.54 Å². The van der Waals surface area contributed by atoms with Gasteiger partial charge in [0.1, 0.15) is 0 Å². The molecule has 1 aromatic carbocycles. The summed E-state index contributed by atoms with van der Waals surface area (Å²) in [5.41, 5.74) is 1.13. The van der Waals surface area contributed by atoms with Crippen LogP contribution in [0.2, 0.25) is 0 Å². The number of rotatable bonds is 5. The van der Waals surface area contributed by atoms with Crippen molar-refractivity contribution in [2.75, 3.05) is 13.7 Å². The van der Waals surface area contributed by atoms with Gasteiger partial charge in [-0.1, -0.05) is 34.1 Å². The lowest BCUT2D eigenvalue weighted by atomic mass is 10.1. The van der Waals surface area contributed by atoms with Crippen molar-refractivity contribution in [2.24, 2.45) is 0 Å². The summed E-state index contributed by atoms with van der Waals surface area (Å²) in [5.74, 6) is 0. The molecule has 2 rings (SSSR count). The highest BCUT2D eigenvalue weighted by atomic mass is 79.9. The van der Waals surface area contributed by atoms with E-state index < -0.39 is 0 Å². The molecule has 0 saturated carbocycles. The van der Waals surface area contributed by atoms with Crippen LogP contribution in [0.1, 0.15) is 16.5 Å². The van der Waals surface area contributed by atoms with E-state index in [1.54, 1.807) is 11.3 Å². The van der Waals surface area contributed by atoms with Gasteiger partial charge in [-0.05, 0) is 36.2 Å². The quantitative estimate of drug-likeness (QED) is 0.906. The molecule has 96 valence electrons. The molecule has 2 aromatic rings. The monoisotopic (exact) mass is 325 g/mol. The number of aliphatic hydroxyl groups excluding tert-OH is 1. The molecule has 2 nitrogen and oxygen atoms in total. The van der Waals surface area contributed by atoms with Crippen molar-refractivity contribution < 1.29 is 5.11 Å². The van der Waals surface area contributed by atoms with Crippen molar-refractivity contribution in [3.05, 3.63) is 56.7 Å². The average molecular weight is 326 g/mol. The number of likely N-dealkylation sites (N-methyl/N-ethyl adjacent to an activating group) is 1. The molecule has 18 heavy (non-hydrogen) atoms. The first-order valence-corrected chi connectivity index (χ1v) is 7.47. The van der Waals surface area contributed by atoms with Crippen LogP contribution in [-0.4, -0.2) is 23.7 Å². The molecule has 0 saturated heterocycles. The van der Waals surface area contributed by atoms with Crippen molar-refractivity contribution in [3.8, 4) is 0 Å². The van der Waals surface area contributed by atoms with Crippen LogP contribution in [0.3, 0.4) is 0 Å². The summed E-state index contributed by atoms with van der Waals surface area (Å²) in [4.78, 5) is 3.49. The standard InChI is InChI=1S/C14H16BrNOS/c1-16(9-13-6-3-7-18-13)14(10-17)11-4-2-5-12(15)8-11/h2-8,14,17H,9-10H2,1H3. The second-order valence-electron chi connectivity index (χ2n) is 4.25. The number of nitrogens with zero attached hydrogens (tertiary/aromatic N) is 1. The van der Waals surface area contributed by atoms with Gasteiger partial charge in [0.2, 0.25) is 0 Å². The minimum atomic E-state index is 0.0320. The number of thiophene rings is 1. The van der Waals surface area contributed by atoms with Gasteiger partial charge in [0.05, 0.1) is 12.6 Å². The normalized spacial score (nSPS) is 12.9. The van der Waals surface area contributed by atoms with Gasteiger partial charge in [-0.25, -0.2) is 0 Å². The van der Waals surface area contributed by atoms with Crippen LogP contribution < -0.4 is 0 Å². The maximum absolute atomic E-state index is 9.62. The lowest BCUT2D eigenvalue weighted by Gasteiger charge is -2.26. The molecule has 1 aromatic heterocycles. The Morgan fingerprint density at radius 1 is 1.33 bits per heavy atom. The highest BCUT2D eigenvalue weighted by Gasteiger charge is 2.16. The van der Waals surface area contributed by atoms with Crippen LogP contribution >= 0.6 is 27.3 Å². The largest absolute Gasteiger partial charge is 0.394 e. The van der Waals surface area contributed by atoms with Gasteiger partial charge in [0.25, 0.3) is 0 Å². The first kappa shape index (κ1) is 13.7. The topological polar surface area (TPSA) is 23.5 Å². The van der Waals surface area contributed by atoms with E-state index in [2.05, 4.69) is 50.5 Å². The van der Waals surface area contributed by atoms with Crippen molar-refractivity contribution >= 4 is 27.3 Å². The number of hydrogen-bond acceptors (Lipinski definition) is 3. The molecule has 0 spiro atoms. The fraction of sp³-hybridized carbons (Fsp3) is 0.286. The van der Waals surface area contributed by atoms with Gasteiger partial charge in [-0.15, -0.1) is 11.3 Å². The van der Waals surface area contributed by atoms with E-state index in [1.165, 1.54) is 4.88 Å². The van der Waals surface area contributed by atoms with Gasteiger partial charge < -0.3 is 5.11 Å². The second kappa shape index (κ2) is 6.48. The number of aliphatic hydroxyl groups is 1. The van der Waals surface area contributed by atoms with Gasteiger partial charge in [0.15, 0.2) is 0 Å². The minimum Gasteiger partial charge on any atom is -0.394 e. The van der Waals surface area contributed by atoms with E-state index in [9.17, 15) is 5.11 Å². The Kier molecular flexibility index (Phi) is 4.95. The number of benzene rings is 1. The van der Waals surface area contributed by atoms with Gasteiger partial charge >= 0.3 is 0 Å². The molecule has 1 heterocycles. The average Bonchev–Trinajstić information content (AvgIpc) is 2.83. The molecule has 0 amide bonds. The molecular weight excluding hydrogens is 310 g/mol. The van der Waals surface area contributed by atoms with E-state index in [-0.39, 0.29) is 12.6 Å². The molecular formula is C14H16BrNOS. The Balaban J connectivity index is 2.12. The molecule has 0 aliphatic carbocycles. The summed E-state index contributed by atoms with van der Waals surface area (Å²) in [6.07, 6.45) is 0. The summed E-state index contributed by atoms with van der Waals surface area (Å²) in [5, 5.41) is 11.7. The van der Waals surface area contributed by atoms with Crippen LogP contribution in [0.4, 0.5) is 0 Å². The predicted molar refractivity (Wildman–Crippen MR) is 79.8 cm³/mol. The maximum atomic E-state index is 9.62. The molecule has 1 atom stereocenters. The summed E-state index contributed by atoms with van der Waals surface area (Å²) in [6.45, 7) is 0.980. The van der Waals surface area contributed by atoms with E-state index in [0.717, 1.165) is 16.6 Å². The zero-order chi connectivity index (χ0) is 13.0. The van der Waals surface area contributed by atoms with Gasteiger partial charge in [-0.2, -0.15) is 0 Å². The van der Waals surface area contributed by atoms with E-state index in [0.29, 0.717) is 0 Å². The van der Waals surface area contributed by atoms with Crippen molar-refractivity contribution in [3.63, 3.8) is 0 Å². The van der Waals surface area contributed by atoms with E-state index in [1.807, 2.05) is 19.2 Å². The first-order chi connectivity index (χ1) is 8.70. The van der Waals surface area contributed by atoms with Crippen LogP contribution in [0.15, 0.2) is 46.3 Å². The minimum absolute atomic E-state index is 0.0320. The molecule has 1 unspecified atom stereocenters. The zero-order valence-corrected chi connectivity index (χ0v) is 12.6. The smallest absolute Gasteiger partial charge is 0.0628 e. The molecule has 0 aliphatic rings. The SMILES string of the molecule is CN(Cc1cccs1)C(CO)c1cccc(Br)c1. The van der Waals surface area contributed by atoms with Crippen LogP contribution in [0, 0.1) is 0 Å². The second-order valence-corrected chi connectivity index (χ2v) is 6.20. The summed E-state index contributed by atoms with van der Waals surface area (Å²) >= 11 is 5.22. The highest BCUT2D eigenvalue weighted by Crippen LogP contribution is 2.24. The third-order valence-electron chi connectivity index (χ3n) is 2.92. The lowest BCUT2D eigenvalue weighted by molar-refractivity contribution is 0.143. The van der Waals surface area contributed by atoms with Crippen molar-refractivity contribution in [2.45, 2.75) is 12.6 Å². The number of halogens is 1. The van der Waals surface area contributed by atoms with Crippen molar-refractivity contribution in [1.82, 2.24) is 4.90 Å². The summed E-state index contributed by atoms with van der Waals surface area (Å²) < 4.78 is 1.04. The summed E-state index contributed by atoms with van der Waals surface area (Å²) in [7, 11) is 2.04. The van der Waals surface area contributed by atoms with Gasteiger partial charge in [-0.3, -0.25) is 4.90 Å². The highest BCUT2D eigenvalue weighted by molar-refractivity contribution is 9.10. The molecule has 0 radical (unpaired) electrons. The Labute approximate surface area is 120 Å². The first-order valence-electron chi connectivity index (χ1n) is 5.79. The Bertz CT molecular complexity index is 486. The lowest BCUT2D eigenvalue weighted by Crippen LogP contribution is -2.26. The molecule has 4 heteroatoms. The maximum Gasteiger partial charge on any atom is 0.0628 e. The van der Waals surface area contributed by atoms with E-state index in [4.69, 9.17) is 0 Å². The number of hydrogen-bond donors (Lipinski definition) is 1. The van der Waals surface area contributed by atoms with Crippen molar-refractivity contribution in [1.29, 1.82) is 0 Å². The molecule has 0 fully saturated rings. The fourth-order valence-electron chi connectivity index (χ4n) is 1.97. The van der Waals surface area contributed by atoms with Crippen LogP contribution in [0.5, 0.6) is 0 Å². The molecule has 0 aliphatic heterocycles. The fourth-order valence-corrected chi connectivity index (χ4v) is 3.16. The third-order valence-corrected chi connectivity index (χ3v) is 4.28. The molecule has 1 N–H and O–H groups in total. The third kappa shape index (κ3) is 3.42. The zero-order valence-electron chi connectivity index (χ0n) is 10.2. The van der Waals surface area contributed by atoms with Gasteiger partial charge in [0, 0.05) is 15.9 Å². The molecule has 0 bridgehead atoms. The van der Waals surface area contributed by atoms with E-state index >= 15 is 0 Å². The Morgan fingerprint density at radius 3 is 2.78 bits per heavy atom. The van der Waals surface area contributed by atoms with Crippen LogP contribution in [0.25, 0.3) is 0 Å². The summed E-state index contributed by atoms with van der Waals surface area (Å²) in [6, 6.07) is 12.3. The Morgan fingerprint density at radius 2 is 2.17 bits per heavy atom.